The van der Waals surface area contributed by atoms with Crippen molar-refractivity contribution < 1.29 is 4.74 Å². The minimum Gasteiger partial charge on any atom is -0.493 e. The molecule has 1 aliphatic rings. The largest absolute Gasteiger partial charge is 0.493 e. The molecule has 0 bridgehead atoms. The maximum Gasteiger partial charge on any atom is 0.122 e. The highest BCUT2D eigenvalue weighted by molar-refractivity contribution is 5.40. The number of fused-ring (bicyclic) bond motifs is 1. The van der Waals surface area contributed by atoms with Crippen molar-refractivity contribution >= 4 is 0 Å². The van der Waals surface area contributed by atoms with Gasteiger partial charge in [0.1, 0.15) is 5.75 Å². The Morgan fingerprint density at radius 3 is 2.88 bits per heavy atom. The fraction of sp³-hybridized carbons (Fsp3) is 0.538. The zero-order valence-corrected chi connectivity index (χ0v) is 9.94. The van der Waals surface area contributed by atoms with Gasteiger partial charge in [0.05, 0.1) is 6.61 Å². The third-order valence-corrected chi connectivity index (χ3v) is 3.16. The van der Waals surface area contributed by atoms with Gasteiger partial charge in [0.15, 0.2) is 0 Å². The Morgan fingerprint density at radius 1 is 1.44 bits per heavy atom. The molecule has 0 fully saturated rings. The van der Waals surface area contributed by atoms with Gasteiger partial charge in [0, 0.05) is 17.5 Å². The van der Waals surface area contributed by atoms with Gasteiger partial charge in [-0.25, -0.2) is 0 Å². The minimum atomic E-state index is 0.295. The fourth-order valence-electron chi connectivity index (χ4n) is 2.38. The Morgan fingerprint density at radius 2 is 2.19 bits per heavy atom. The molecule has 88 valence electrons. The van der Waals surface area contributed by atoms with E-state index in [1.807, 2.05) is 12.1 Å². The maximum atomic E-state index is 5.68. The van der Waals surface area contributed by atoms with E-state index >= 15 is 0 Å². The van der Waals surface area contributed by atoms with Crippen molar-refractivity contribution in [3.8, 4) is 5.75 Å². The summed E-state index contributed by atoms with van der Waals surface area (Å²) in [6, 6.07) is 8.53. The molecule has 1 aromatic carbocycles. The topological polar surface area (TPSA) is 47.3 Å². The average Bonchev–Trinajstić information content (AvgIpc) is 2.69. The van der Waals surface area contributed by atoms with E-state index < -0.39 is 0 Å². The number of rotatable bonds is 4. The summed E-state index contributed by atoms with van der Waals surface area (Å²) in [5, 5.41) is 0. The van der Waals surface area contributed by atoms with E-state index in [0.717, 1.165) is 18.8 Å². The molecule has 3 nitrogen and oxygen atoms in total. The van der Waals surface area contributed by atoms with Crippen LogP contribution in [0.1, 0.15) is 31.7 Å². The van der Waals surface area contributed by atoms with Crippen molar-refractivity contribution in [3.63, 3.8) is 0 Å². The Kier molecular flexibility index (Phi) is 3.46. The zero-order valence-electron chi connectivity index (χ0n) is 9.94. The van der Waals surface area contributed by atoms with Gasteiger partial charge < -0.3 is 4.74 Å². The van der Waals surface area contributed by atoms with Crippen LogP contribution in [-0.2, 0) is 0 Å². The monoisotopic (exact) mass is 220 g/mol. The van der Waals surface area contributed by atoms with Gasteiger partial charge in [0.25, 0.3) is 0 Å². The molecule has 0 saturated carbocycles. The van der Waals surface area contributed by atoms with Gasteiger partial charge in [-0.3, -0.25) is 11.3 Å². The van der Waals surface area contributed by atoms with Crippen LogP contribution in [0, 0.1) is 5.92 Å². The first-order valence-electron chi connectivity index (χ1n) is 5.90. The van der Waals surface area contributed by atoms with E-state index in [4.69, 9.17) is 10.6 Å². The molecule has 2 unspecified atom stereocenters. The second-order valence-corrected chi connectivity index (χ2v) is 4.86. The van der Waals surface area contributed by atoms with E-state index in [1.165, 1.54) is 5.56 Å². The molecule has 0 saturated heterocycles. The van der Waals surface area contributed by atoms with Crippen LogP contribution >= 0.6 is 0 Å². The quantitative estimate of drug-likeness (QED) is 0.603. The van der Waals surface area contributed by atoms with Crippen molar-refractivity contribution in [3.05, 3.63) is 29.8 Å². The lowest BCUT2D eigenvalue weighted by molar-refractivity contribution is 0.281. The second-order valence-electron chi connectivity index (χ2n) is 4.86. The van der Waals surface area contributed by atoms with Gasteiger partial charge in [-0.05, 0) is 18.4 Å². The average molecular weight is 220 g/mol. The molecular weight excluding hydrogens is 200 g/mol. The van der Waals surface area contributed by atoms with Crippen LogP contribution in [0.25, 0.3) is 0 Å². The summed E-state index contributed by atoms with van der Waals surface area (Å²) >= 11 is 0. The molecule has 3 heteroatoms. The number of nitrogens with one attached hydrogen (secondary N) is 1. The molecule has 3 N–H and O–H groups in total. The number of ether oxygens (including phenoxy) is 1. The first kappa shape index (κ1) is 11.4. The maximum absolute atomic E-state index is 5.68. The molecule has 2 rings (SSSR count). The molecule has 0 aliphatic carbocycles. The third kappa shape index (κ3) is 2.20. The summed E-state index contributed by atoms with van der Waals surface area (Å²) < 4.78 is 5.68. The van der Waals surface area contributed by atoms with Crippen molar-refractivity contribution in [1.82, 2.24) is 5.43 Å². The fourth-order valence-corrected chi connectivity index (χ4v) is 2.38. The molecule has 1 heterocycles. The van der Waals surface area contributed by atoms with Crippen molar-refractivity contribution in [2.75, 3.05) is 6.61 Å². The minimum absolute atomic E-state index is 0.295. The molecule has 0 aromatic heterocycles. The van der Waals surface area contributed by atoms with Gasteiger partial charge >= 0.3 is 0 Å². The summed E-state index contributed by atoms with van der Waals surface area (Å²) in [7, 11) is 0. The van der Waals surface area contributed by atoms with E-state index in [9.17, 15) is 0 Å². The predicted molar refractivity (Wildman–Crippen MR) is 65.2 cm³/mol. The van der Waals surface area contributed by atoms with Crippen molar-refractivity contribution in [2.24, 2.45) is 11.8 Å². The van der Waals surface area contributed by atoms with Gasteiger partial charge in [0.2, 0.25) is 0 Å². The summed E-state index contributed by atoms with van der Waals surface area (Å²) in [6.45, 7) is 5.17. The number of hydrogen-bond acceptors (Lipinski definition) is 3. The van der Waals surface area contributed by atoms with Crippen LogP contribution in [0.4, 0.5) is 0 Å². The van der Waals surface area contributed by atoms with Gasteiger partial charge in [-0.15, -0.1) is 0 Å². The Hall–Kier alpha value is -1.06. The Labute approximate surface area is 97.0 Å². The molecule has 1 aromatic rings. The number of nitrogens with two attached hydrogens (primary N) is 1. The lowest BCUT2D eigenvalue weighted by Gasteiger charge is -2.23. The van der Waals surface area contributed by atoms with Crippen LogP contribution < -0.4 is 16.0 Å². The van der Waals surface area contributed by atoms with E-state index in [-0.39, 0.29) is 0 Å². The highest BCUT2D eigenvalue weighted by Gasteiger charge is 2.30. The zero-order chi connectivity index (χ0) is 11.5. The first-order chi connectivity index (χ1) is 7.72. The smallest absolute Gasteiger partial charge is 0.122 e. The summed E-state index contributed by atoms with van der Waals surface area (Å²) in [6.07, 6.45) is 1.07. The number of para-hydroxylation sites is 1. The summed E-state index contributed by atoms with van der Waals surface area (Å²) in [5.74, 6) is 7.67. The first-order valence-corrected chi connectivity index (χ1v) is 5.90. The number of hydrogen-bond donors (Lipinski definition) is 2. The van der Waals surface area contributed by atoms with Crippen LogP contribution in [0.5, 0.6) is 5.75 Å². The molecule has 2 atom stereocenters. The number of hydrazine groups is 1. The van der Waals surface area contributed by atoms with Crippen molar-refractivity contribution in [1.29, 1.82) is 0 Å². The van der Waals surface area contributed by atoms with Crippen LogP contribution in [-0.4, -0.2) is 12.6 Å². The third-order valence-electron chi connectivity index (χ3n) is 3.16. The van der Waals surface area contributed by atoms with Gasteiger partial charge in [-0.2, -0.15) is 0 Å². The van der Waals surface area contributed by atoms with Crippen molar-refractivity contribution in [2.45, 2.75) is 32.2 Å². The van der Waals surface area contributed by atoms with Gasteiger partial charge in [-0.1, -0.05) is 32.0 Å². The van der Waals surface area contributed by atoms with Crippen LogP contribution in [0.15, 0.2) is 24.3 Å². The summed E-state index contributed by atoms with van der Waals surface area (Å²) in [4.78, 5) is 0. The molecule has 0 radical (unpaired) electrons. The number of benzene rings is 1. The van der Waals surface area contributed by atoms with Crippen LogP contribution in [0.2, 0.25) is 0 Å². The molecule has 0 amide bonds. The van der Waals surface area contributed by atoms with Crippen LogP contribution in [0.3, 0.4) is 0 Å². The second kappa shape index (κ2) is 4.85. The predicted octanol–water partition coefficient (Wildman–Crippen LogP) is 2.04. The summed E-state index contributed by atoms with van der Waals surface area (Å²) in [5.41, 5.74) is 4.22. The molecule has 1 aliphatic heterocycles. The SMILES string of the molecule is CC(C)CC(NN)C1COc2ccccc21. The highest BCUT2D eigenvalue weighted by Crippen LogP contribution is 2.36. The molecule has 16 heavy (non-hydrogen) atoms. The van der Waals surface area contributed by atoms with E-state index in [1.54, 1.807) is 0 Å². The standard InChI is InChI=1S/C13H20N2O/c1-9(2)7-12(15-14)11-8-16-13-6-4-3-5-10(11)13/h3-6,9,11-12,15H,7-8,14H2,1-2H3. The highest BCUT2D eigenvalue weighted by atomic mass is 16.5. The lowest BCUT2D eigenvalue weighted by atomic mass is 9.88. The lowest BCUT2D eigenvalue weighted by Crippen LogP contribution is -2.41. The Bertz CT molecular complexity index is 352. The van der Waals surface area contributed by atoms with E-state index in [0.29, 0.717) is 17.9 Å². The molecule has 0 spiro atoms. The van der Waals surface area contributed by atoms with E-state index in [2.05, 4.69) is 31.4 Å². The molecular formula is C13H20N2O. The Balaban J connectivity index is 2.16. The normalized spacial score (nSPS) is 20.6.